The van der Waals surface area contributed by atoms with Crippen LogP contribution in [0.2, 0.25) is 0 Å². The molecule has 0 saturated carbocycles. The van der Waals surface area contributed by atoms with Crippen molar-refractivity contribution in [3.8, 4) is 0 Å². The molecule has 0 bridgehead atoms. The second kappa shape index (κ2) is 9.87. The quantitative estimate of drug-likeness (QED) is 0.676. The van der Waals surface area contributed by atoms with Gasteiger partial charge in [0.25, 0.3) is 0 Å². The summed E-state index contributed by atoms with van der Waals surface area (Å²) in [5.41, 5.74) is 0. The summed E-state index contributed by atoms with van der Waals surface area (Å²) in [5.74, 6) is 2.03. The van der Waals surface area contributed by atoms with Crippen LogP contribution in [0.3, 0.4) is 0 Å². The third-order valence-electron chi connectivity index (χ3n) is 4.97. The lowest BCUT2D eigenvalue weighted by Gasteiger charge is -2.37. The maximum Gasteiger partial charge on any atom is 0.310 e. The van der Waals surface area contributed by atoms with Gasteiger partial charge >= 0.3 is 5.97 Å². The van der Waals surface area contributed by atoms with E-state index < -0.39 is 0 Å². The number of rotatable bonds is 6. The molecule has 2 saturated heterocycles. The van der Waals surface area contributed by atoms with Crippen molar-refractivity contribution in [1.29, 1.82) is 0 Å². The van der Waals surface area contributed by atoms with Gasteiger partial charge in [0.2, 0.25) is 0 Å². The highest BCUT2D eigenvalue weighted by Gasteiger charge is 2.25. The smallest absolute Gasteiger partial charge is 0.310 e. The van der Waals surface area contributed by atoms with Crippen molar-refractivity contribution in [3.63, 3.8) is 0 Å². The van der Waals surface area contributed by atoms with Gasteiger partial charge in [-0.15, -0.1) is 0 Å². The number of methoxy groups -OCH3 is 1. The van der Waals surface area contributed by atoms with Crippen molar-refractivity contribution >= 4 is 17.7 Å². The van der Waals surface area contributed by atoms with Gasteiger partial charge in [-0.05, 0) is 33.4 Å². The predicted molar refractivity (Wildman–Crippen MR) is 97.0 cm³/mol. The Hall–Kier alpha value is -0.300. The molecule has 2 rings (SSSR count). The number of esters is 1. The Morgan fingerprint density at radius 1 is 1.13 bits per heavy atom. The molecule has 134 valence electrons. The third-order valence-corrected chi connectivity index (χ3v) is 6.08. The van der Waals surface area contributed by atoms with Gasteiger partial charge in [0.15, 0.2) is 0 Å². The molecule has 2 heterocycles. The van der Waals surface area contributed by atoms with Gasteiger partial charge in [-0.25, -0.2) is 0 Å². The normalized spacial score (nSPS) is 25.5. The van der Waals surface area contributed by atoms with Crippen molar-refractivity contribution in [2.45, 2.75) is 26.3 Å². The van der Waals surface area contributed by atoms with Gasteiger partial charge in [0.1, 0.15) is 0 Å². The molecule has 0 aromatic rings. The van der Waals surface area contributed by atoms with Crippen LogP contribution in [0.4, 0.5) is 0 Å². The fraction of sp³-hybridized carbons (Fsp3) is 0.941. The summed E-state index contributed by atoms with van der Waals surface area (Å²) in [4.78, 5) is 19.4. The molecule has 2 aliphatic heterocycles. The summed E-state index contributed by atoms with van der Waals surface area (Å²) in [6, 6.07) is 0.669. The van der Waals surface area contributed by atoms with E-state index in [1.165, 1.54) is 46.3 Å². The lowest BCUT2D eigenvalue weighted by atomic mass is 10.1. The molecule has 0 radical (unpaired) electrons. The SMILES string of the molecule is COC(=O)C1CSCCN(CCCN2CCN(C(C)C)CC2)C1. The summed E-state index contributed by atoms with van der Waals surface area (Å²) < 4.78 is 4.93. The Labute approximate surface area is 145 Å². The Kier molecular flexibility index (Phi) is 8.16. The van der Waals surface area contributed by atoms with E-state index in [-0.39, 0.29) is 11.9 Å². The van der Waals surface area contributed by atoms with Gasteiger partial charge in [0, 0.05) is 56.8 Å². The molecule has 1 unspecified atom stereocenters. The van der Waals surface area contributed by atoms with Gasteiger partial charge in [-0.2, -0.15) is 11.8 Å². The fourth-order valence-electron chi connectivity index (χ4n) is 3.41. The standard InChI is InChI=1S/C17H33N3O2S/c1-15(2)20-9-7-18(8-10-20)5-4-6-19-11-12-23-14-16(13-19)17(21)22-3/h15-16H,4-14H2,1-3H3. The molecule has 0 amide bonds. The van der Waals surface area contributed by atoms with Crippen LogP contribution >= 0.6 is 11.8 Å². The molecular formula is C17H33N3O2S. The van der Waals surface area contributed by atoms with E-state index >= 15 is 0 Å². The largest absolute Gasteiger partial charge is 0.469 e. The molecule has 23 heavy (non-hydrogen) atoms. The second-order valence-corrected chi connectivity index (χ2v) is 8.07. The van der Waals surface area contributed by atoms with Gasteiger partial charge in [-0.1, -0.05) is 0 Å². The first kappa shape index (κ1) is 19.0. The number of ether oxygens (including phenoxy) is 1. The highest BCUT2D eigenvalue weighted by molar-refractivity contribution is 7.99. The van der Waals surface area contributed by atoms with Gasteiger partial charge in [0.05, 0.1) is 13.0 Å². The average molecular weight is 344 g/mol. The number of carbonyl (C=O) groups excluding carboxylic acids is 1. The Bertz CT molecular complexity index is 360. The molecule has 0 aromatic carbocycles. The predicted octanol–water partition coefficient (Wildman–Crippen LogP) is 1.24. The first-order valence-corrected chi connectivity index (χ1v) is 10.1. The highest BCUT2D eigenvalue weighted by Crippen LogP contribution is 2.17. The Morgan fingerprint density at radius 3 is 2.48 bits per heavy atom. The summed E-state index contributed by atoms with van der Waals surface area (Å²) in [6.45, 7) is 13.6. The summed E-state index contributed by atoms with van der Waals surface area (Å²) in [7, 11) is 1.50. The minimum atomic E-state index is -0.0470. The third kappa shape index (κ3) is 6.25. The zero-order valence-electron chi connectivity index (χ0n) is 15.0. The molecule has 0 aromatic heterocycles. The van der Waals surface area contributed by atoms with Crippen molar-refractivity contribution in [1.82, 2.24) is 14.7 Å². The highest BCUT2D eigenvalue weighted by atomic mass is 32.2. The van der Waals surface area contributed by atoms with E-state index in [9.17, 15) is 4.79 Å². The minimum absolute atomic E-state index is 0.0436. The monoisotopic (exact) mass is 343 g/mol. The maximum atomic E-state index is 11.8. The molecule has 0 spiro atoms. The van der Waals surface area contributed by atoms with E-state index in [4.69, 9.17) is 4.74 Å². The Balaban J connectivity index is 1.66. The van der Waals surface area contributed by atoms with Crippen LogP contribution in [0.15, 0.2) is 0 Å². The molecule has 2 fully saturated rings. The summed E-state index contributed by atoms with van der Waals surface area (Å²) in [5, 5.41) is 0. The number of hydrogen-bond acceptors (Lipinski definition) is 6. The first-order chi connectivity index (χ1) is 11.1. The zero-order valence-corrected chi connectivity index (χ0v) is 15.8. The molecule has 6 heteroatoms. The number of piperazine rings is 1. The van der Waals surface area contributed by atoms with Gasteiger partial charge < -0.3 is 14.5 Å². The van der Waals surface area contributed by atoms with E-state index in [1.54, 1.807) is 0 Å². The number of carbonyl (C=O) groups is 1. The Morgan fingerprint density at radius 2 is 1.83 bits per heavy atom. The summed E-state index contributed by atoms with van der Waals surface area (Å²) >= 11 is 1.88. The molecule has 2 aliphatic rings. The first-order valence-electron chi connectivity index (χ1n) is 8.94. The van der Waals surface area contributed by atoms with E-state index in [0.29, 0.717) is 6.04 Å². The summed E-state index contributed by atoms with van der Waals surface area (Å²) in [6.07, 6.45) is 1.19. The van der Waals surface area contributed by atoms with Crippen molar-refractivity contribution in [3.05, 3.63) is 0 Å². The molecule has 1 atom stereocenters. The lowest BCUT2D eigenvalue weighted by Crippen LogP contribution is -2.49. The molecule has 5 nitrogen and oxygen atoms in total. The van der Waals surface area contributed by atoms with Crippen molar-refractivity contribution in [2.75, 3.05) is 71.0 Å². The molecule has 0 N–H and O–H groups in total. The fourth-order valence-corrected chi connectivity index (χ4v) is 4.49. The van der Waals surface area contributed by atoms with Crippen LogP contribution in [-0.4, -0.2) is 97.7 Å². The lowest BCUT2D eigenvalue weighted by molar-refractivity contribution is -0.145. The van der Waals surface area contributed by atoms with Gasteiger partial charge in [-0.3, -0.25) is 9.69 Å². The second-order valence-electron chi connectivity index (χ2n) is 6.92. The van der Waals surface area contributed by atoms with Crippen LogP contribution in [0.1, 0.15) is 20.3 Å². The number of nitrogens with zero attached hydrogens (tertiary/aromatic N) is 3. The van der Waals surface area contributed by atoms with E-state index in [2.05, 4.69) is 28.5 Å². The van der Waals surface area contributed by atoms with Crippen LogP contribution < -0.4 is 0 Å². The number of hydrogen-bond donors (Lipinski definition) is 0. The van der Waals surface area contributed by atoms with Crippen LogP contribution in [-0.2, 0) is 9.53 Å². The van der Waals surface area contributed by atoms with Crippen molar-refractivity contribution in [2.24, 2.45) is 5.92 Å². The minimum Gasteiger partial charge on any atom is -0.469 e. The van der Waals surface area contributed by atoms with E-state index in [1.807, 2.05) is 11.8 Å². The average Bonchev–Trinajstić information content (AvgIpc) is 2.80. The molecule has 0 aliphatic carbocycles. The van der Waals surface area contributed by atoms with E-state index in [0.717, 1.165) is 31.1 Å². The van der Waals surface area contributed by atoms with Crippen LogP contribution in [0, 0.1) is 5.92 Å². The number of thioether (sulfide) groups is 1. The van der Waals surface area contributed by atoms with Crippen LogP contribution in [0.5, 0.6) is 0 Å². The molecular weight excluding hydrogens is 310 g/mol. The van der Waals surface area contributed by atoms with Crippen molar-refractivity contribution < 1.29 is 9.53 Å². The van der Waals surface area contributed by atoms with Crippen LogP contribution in [0.25, 0.3) is 0 Å². The topological polar surface area (TPSA) is 36.0 Å². The zero-order chi connectivity index (χ0) is 16.7. The maximum absolute atomic E-state index is 11.8.